The SMILES string of the molecule is Cc1c(CNCC(=O)NC2CC2)cnn1C. The third-order valence-corrected chi connectivity index (χ3v) is 2.88. The summed E-state index contributed by atoms with van der Waals surface area (Å²) in [7, 11) is 1.92. The average molecular weight is 222 g/mol. The molecule has 2 rings (SSSR count). The van der Waals surface area contributed by atoms with Crippen molar-refractivity contribution in [2.75, 3.05) is 6.54 Å². The van der Waals surface area contributed by atoms with Crippen molar-refractivity contribution >= 4 is 5.91 Å². The molecule has 1 fully saturated rings. The molecule has 1 amide bonds. The van der Waals surface area contributed by atoms with E-state index in [0.717, 1.165) is 24.1 Å². The fraction of sp³-hybridized carbons (Fsp3) is 0.636. The topological polar surface area (TPSA) is 59.0 Å². The molecule has 1 aliphatic rings. The molecule has 0 aliphatic heterocycles. The number of amides is 1. The molecule has 1 aromatic heterocycles. The van der Waals surface area contributed by atoms with Crippen LogP contribution in [-0.4, -0.2) is 28.3 Å². The smallest absolute Gasteiger partial charge is 0.234 e. The molecule has 0 saturated heterocycles. The third kappa shape index (κ3) is 2.82. The Bertz CT molecular complexity index is 381. The normalized spacial score (nSPS) is 15.1. The highest BCUT2D eigenvalue weighted by Gasteiger charge is 2.22. The van der Waals surface area contributed by atoms with Crippen molar-refractivity contribution < 1.29 is 4.79 Å². The molecular weight excluding hydrogens is 204 g/mol. The van der Waals surface area contributed by atoms with Crippen LogP contribution >= 0.6 is 0 Å². The first-order valence-corrected chi connectivity index (χ1v) is 5.64. The Morgan fingerprint density at radius 1 is 1.62 bits per heavy atom. The predicted octanol–water partition coefficient (Wildman–Crippen LogP) is 0.0967. The molecule has 1 aliphatic carbocycles. The Hall–Kier alpha value is -1.36. The molecule has 0 unspecified atom stereocenters. The van der Waals surface area contributed by atoms with Crippen LogP contribution in [0.1, 0.15) is 24.1 Å². The number of hydrogen-bond acceptors (Lipinski definition) is 3. The first kappa shape index (κ1) is 11.1. The van der Waals surface area contributed by atoms with Crippen molar-refractivity contribution in [1.29, 1.82) is 0 Å². The van der Waals surface area contributed by atoms with Crippen molar-refractivity contribution in [2.45, 2.75) is 32.4 Å². The van der Waals surface area contributed by atoms with Crippen molar-refractivity contribution in [3.8, 4) is 0 Å². The molecule has 1 aromatic rings. The summed E-state index contributed by atoms with van der Waals surface area (Å²) in [6.07, 6.45) is 4.10. The van der Waals surface area contributed by atoms with E-state index in [1.165, 1.54) is 0 Å². The van der Waals surface area contributed by atoms with Gasteiger partial charge >= 0.3 is 0 Å². The summed E-state index contributed by atoms with van der Waals surface area (Å²) < 4.78 is 1.83. The van der Waals surface area contributed by atoms with Crippen molar-refractivity contribution in [3.63, 3.8) is 0 Å². The molecule has 1 saturated carbocycles. The van der Waals surface area contributed by atoms with Gasteiger partial charge in [-0.3, -0.25) is 9.48 Å². The Balaban J connectivity index is 1.70. The van der Waals surface area contributed by atoms with E-state index in [9.17, 15) is 4.79 Å². The summed E-state index contributed by atoms with van der Waals surface area (Å²) in [4.78, 5) is 11.4. The molecule has 5 heteroatoms. The van der Waals surface area contributed by atoms with Crippen LogP contribution in [0, 0.1) is 6.92 Å². The Kier molecular flexibility index (Phi) is 3.24. The Morgan fingerprint density at radius 3 is 2.94 bits per heavy atom. The lowest BCUT2D eigenvalue weighted by atomic mass is 10.2. The molecule has 0 aromatic carbocycles. The standard InChI is InChI=1S/C11H18N4O/c1-8-9(6-13-15(8)2)5-12-7-11(16)14-10-3-4-10/h6,10,12H,3-5,7H2,1-2H3,(H,14,16). The summed E-state index contributed by atoms with van der Waals surface area (Å²) in [6.45, 7) is 3.09. The first-order chi connectivity index (χ1) is 7.66. The number of aromatic nitrogens is 2. The van der Waals surface area contributed by atoms with Gasteiger partial charge < -0.3 is 10.6 Å². The van der Waals surface area contributed by atoms with E-state index >= 15 is 0 Å². The van der Waals surface area contributed by atoms with Gasteiger partial charge in [0.15, 0.2) is 0 Å². The molecule has 88 valence electrons. The van der Waals surface area contributed by atoms with E-state index in [0.29, 0.717) is 19.1 Å². The van der Waals surface area contributed by atoms with Crippen LogP contribution in [0.5, 0.6) is 0 Å². The number of hydrogen-bond donors (Lipinski definition) is 2. The van der Waals surface area contributed by atoms with E-state index in [4.69, 9.17) is 0 Å². The molecule has 0 bridgehead atoms. The summed E-state index contributed by atoms with van der Waals surface area (Å²) >= 11 is 0. The van der Waals surface area contributed by atoms with Crippen LogP contribution in [0.15, 0.2) is 6.20 Å². The minimum atomic E-state index is 0.0871. The number of carbonyl (C=O) groups excluding carboxylic acids is 1. The maximum absolute atomic E-state index is 11.4. The summed E-state index contributed by atoms with van der Waals surface area (Å²) in [5, 5.41) is 10.2. The van der Waals surface area contributed by atoms with Crippen LogP contribution in [0.25, 0.3) is 0 Å². The van der Waals surface area contributed by atoms with Crippen LogP contribution < -0.4 is 10.6 Å². The molecule has 0 spiro atoms. The quantitative estimate of drug-likeness (QED) is 0.742. The summed E-state index contributed by atoms with van der Waals surface area (Å²) in [6, 6.07) is 0.439. The van der Waals surface area contributed by atoms with E-state index in [1.54, 1.807) is 0 Å². The van der Waals surface area contributed by atoms with Gasteiger partial charge in [0.25, 0.3) is 0 Å². The van der Waals surface area contributed by atoms with Gasteiger partial charge in [0.05, 0.1) is 12.7 Å². The number of carbonyl (C=O) groups is 1. The van der Waals surface area contributed by atoms with E-state index in [1.807, 2.05) is 24.9 Å². The molecule has 0 radical (unpaired) electrons. The van der Waals surface area contributed by atoms with Gasteiger partial charge in [-0.25, -0.2) is 0 Å². The Labute approximate surface area is 95.2 Å². The van der Waals surface area contributed by atoms with Crippen molar-refractivity contribution in [3.05, 3.63) is 17.5 Å². The fourth-order valence-corrected chi connectivity index (χ4v) is 1.53. The van der Waals surface area contributed by atoms with Crippen LogP contribution in [0.3, 0.4) is 0 Å². The monoisotopic (exact) mass is 222 g/mol. The summed E-state index contributed by atoms with van der Waals surface area (Å²) in [5.74, 6) is 0.0871. The fourth-order valence-electron chi connectivity index (χ4n) is 1.53. The second-order valence-corrected chi connectivity index (χ2v) is 4.32. The van der Waals surface area contributed by atoms with Gasteiger partial charge in [-0.05, 0) is 19.8 Å². The summed E-state index contributed by atoms with van der Waals surface area (Å²) in [5.41, 5.74) is 2.27. The van der Waals surface area contributed by atoms with Gasteiger partial charge in [-0.1, -0.05) is 0 Å². The molecule has 16 heavy (non-hydrogen) atoms. The zero-order chi connectivity index (χ0) is 11.5. The lowest BCUT2D eigenvalue weighted by Gasteiger charge is -2.05. The molecule has 2 N–H and O–H groups in total. The van der Waals surface area contributed by atoms with Gasteiger partial charge in [0.2, 0.25) is 5.91 Å². The van der Waals surface area contributed by atoms with E-state index in [-0.39, 0.29) is 5.91 Å². The Morgan fingerprint density at radius 2 is 2.38 bits per heavy atom. The van der Waals surface area contributed by atoms with E-state index in [2.05, 4.69) is 15.7 Å². The second kappa shape index (κ2) is 4.65. The lowest BCUT2D eigenvalue weighted by Crippen LogP contribution is -2.34. The maximum Gasteiger partial charge on any atom is 0.234 e. The molecule has 0 atom stereocenters. The van der Waals surface area contributed by atoms with Crippen LogP contribution in [0.2, 0.25) is 0 Å². The van der Waals surface area contributed by atoms with Crippen LogP contribution in [-0.2, 0) is 18.4 Å². The van der Waals surface area contributed by atoms with Gasteiger partial charge in [0.1, 0.15) is 0 Å². The van der Waals surface area contributed by atoms with Gasteiger partial charge in [-0.2, -0.15) is 5.10 Å². The first-order valence-electron chi connectivity index (χ1n) is 5.64. The number of aryl methyl sites for hydroxylation is 1. The number of nitrogens with one attached hydrogen (secondary N) is 2. The zero-order valence-corrected chi connectivity index (χ0v) is 9.79. The van der Waals surface area contributed by atoms with Gasteiger partial charge in [0, 0.05) is 30.9 Å². The largest absolute Gasteiger partial charge is 0.352 e. The highest BCUT2D eigenvalue weighted by molar-refractivity contribution is 5.78. The maximum atomic E-state index is 11.4. The van der Waals surface area contributed by atoms with Gasteiger partial charge in [-0.15, -0.1) is 0 Å². The second-order valence-electron chi connectivity index (χ2n) is 4.32. The molecule has 5 nitrogen and oxygen atoms in total. The third-order valence-electron chi connectivity index (χ3n) is 2.88. The minimum Gasteiger partial charge on any atom is -0.352 e. The average Bonchev–Trinajstić information content (AvgIpc) is 3.00. The highest BCUT2D eigenvalue weighted by Crippen LogP contribution is 2.18. The number of rotatable bonds is 5. The minimum absolute atomic E-state index is 0.0871. The zero-order valence-electron chi connectivity index (χ0n) is 9.79. The molecular formula is C11H18N4O. The van der Waals surface area contributed by atoms with Crippen molar-refractivity contribution in [2.24, 2.45) is 7.05 Å². The lowest BCUT2D eigenvalue weighted by molar-refractivity contribution is -0.120. The number of nitrogens with zero attached hydrogens (tertiary/aromatic N) is 2. The van der Waals surface area contributed by atoms with Crippen molar-refractivity contribution in [1.82, 2.24) is 20.4 Å². The van der Waals surface area contributed by atoms with E-state index < -0.39 is 0 Å². The molecule has 1 heterocycles. The predicted molar refractivity (Wildman–Crippen MR) is 60.8 cm³/mol. The van der Waals surface area contributed by atoms with Crippen LogP contribution in [0.4, 0.5) is 0 Å². The highest BCUT2D eigenvalue weighted by atomic mass is 16.2.